The fourth-order valence-corrected chi connectivity index (χ4v) is 6.52. The van der Waals surface area contributed by atoms with Gasteiger partial charge >= 0.3 is 0 Å². The molecular weight excluding hydrogens is 504 g/mol. The molecule has 2 saturated heterocycles. The summed E-state index contributed by atoms with van der Waals surface area (Å²) in [6.45, 7) is 3.32. The van der Waals surface area contributed by atoms with Crippen LogP contribution in [-0.2, 0) is 21.5 Å². The lowest BCUT2D eigenvalue weighted by molar-refractivity contribution is -0.138. The molecule has 1 unspecified atom stereocenters. The number of rotatable bonds is 7. The lowest BCUT2D eigenvalue weighted by Crippen LogP contribution is -2.57. The van der Waals surface area contributed by atoms with Crippen LogP contribution in [0.3, 0.4) is 0 Å². The summed E-state index contributed by atoms with van der Waals surface area (Å²) in [4.78, 5) is 33.5. The van der Waals surface area contributed by atoms with Crippen molar-refractivity contribution in [3.05, 3.63) is 58.1 Å². The van der Waals surface area contributed by atoms with Gasteiger partial charge in [-0.25, -0.2) is 0 Å². The summed E-state index contributed by atoms with van der Waals surface area (Å²) in [5, 5.41) is 14.3. The van der Waals surface area contributed by atoms with E-state index in [4.69, 9.17) is 16.3 Å². The monoisotopic (exact) mass is 540 g/mol. The standard InChI is InChI=1S/C29H37ClN4O4/c1-32(2)27(36)25-17-21(35)18-34(25)29(22-16-20(30)8-9-24(22)31-28(29)37)23-15-19(7-10-26(23)38-3)11-14-33-12-5-4-6-13-33/h7-10,15-16,21,25,35H,4-6,11-14,17-18H2,1-3H3,(H,31,37)/t21-,25+,29?/m1/s1. The fourth-order valence-electron chi connectivity index (χ4n) is 6.35. The summed E-state index contributed by atoms with van der Waals surface area (Å²) in [6, 6.07) is 10.6. The number of nitrogens with one attached hydrogen (secondary N) is 1. The van der Waals surface area contributed by atoms with Gasteiger partial charge in [0.05, 0.1) is 19.3 Å². The van der Waals surface area contributed by atoms with Crippen LogP contribution in [0.15, 0.2) is 36.4 Å². The van der Waals surface area contributed by atoms with E-state index >= 15 is 0 Å². The van der Waals surface area contributed by atoms with Gasteiger partial charge in [0.1, 0.15) is 5.75 Å². The van der Waals surface area contributed by atoms with E-state index in [-0.39, 0.29) is 24.8 Å². The number of anilines is 1. The number of fused-ring (bicyclic) bond motifs is 1. The van der Waals surface area contributed by atoms with Gasteiger partial charge in [-0.2, -0.15) is 0 Å². The van der Waals surface area contributed by atoms with Gasteiger partial charge in [0, 0.05) is 49.0 Å². The number of ether oxygens (including phenoxy) is 1. The minimum Gasteiger partial charge on any atom is -0.496 e. The van der Waals surface area contributed by atoms with Crippen LogP contribution >= 0.6 is 11.6 Å². The zero-order valence-electron chi connectivity index (χ0n) is 22.4. The van der Waals surface area contributed by atoms with E-state index in [0.717, 1.165) is 31.6 Å². The zero-order valence-corrected chi connectivity index (χ0v) is 23.1. The Morgan fingerprint density at radius 3 is 2.63 bits per heavy atom. The molecule has 8 nitrogen and oxygen atoms in total. The molecule has 0 aliphatic carbocycles. The second-order valence-corrected chi connectivity index (χ2v) is 11.3. The number of methoxy groups -OCH3 is 1. The van der Waals surface area contributed by atoms with E-state index in [9.17, 15) is 14.7 Å². The molecule has 38 heavy (non-hydrogen) atoms. The van der Waals surface area contributed by atoms with Gasteiger partial charge in [-0.3, -0.25) is 14.5 Å². The Morgan fingerprint density at radius 1 is 1.16 bits per heavy atom. The SMILES string of the molecule is COc1ccc(CCN2CCCCC2)cc1C1(N2C[C@H](O)C[C@H]2C(=O)N(C)C)C(=O)Nc2ccc(Cl)cc21. The van der Waals surface area contributed by atoms with Crippen LogP contribution in [-0.4, -0.2) is 91.2 Å². The second-order valence-electron chi connectivity index (χ2n) is 10.8. The van der Waals surface area contributed by atoms with Crippen LogP contribution in [0.25, 0.3) is 0 Å². The van der Waals surface area contributed by atoms with Crippen molar-refractivity contribution in [1.82, 2.24) is 14.7 Å². The molecule has 0 bridgehead atoms. The van der Waals surface area contributed by atoms with Gasteiger partial charge in [-0.1, -0.05) is 24.1 Å². The van der Waals surface area contributed by atoms with Crippen LogP contribution in [0.4, 0.5) is 5.69 Å². The maximum Gasteiger partial charge on any atom is 0.254 e. The molecular formula is C29H37ClN4O4. The van der Waals surface area contributed by atoms with Crippen molar-refractivity contribution >= 4 is 29.1 Å². The predicted molar refractivity (Wildman–Crippen MR) is 148 cm³/mol. The van der Waals surface area contributed by atoms with E-state index in [1.54, 1.807) is 39.4 Å². The zero-order chi connectivity index (χ0) is 27.0. The van der Waals surface area contributed by atoms with E-state index in [1.165, 1.54) is 24.2 Å². The van der Waals surface area contributed by atoms with E-state index in [0.29, 0.717) is 27.6 Å². The third-order valence-corrected chi connectivity index (χ3v) is 8.44. The highest BCUT2D eigenvalue weighted by molar-refractivity contribution is 6.31. The number of hydrogen-bond acceptors (Lipinski definition) is 6. The molecule has 0 saturated carbocycles. The Labute approximate surface area is 229 Å². The van der Waals surface area contributed by atoms with Gasteiger partial charge in [0.25, 0.3) is 5.91 Å². The van der Waals surface area contributed by atoms with Gasteiger partial charge in [-0.05, 0) is 74.7 Å². The van der Waals surface area contributed by atoms with E-state index < -0.39 is 17.7 Å². The molecule has 2 aromatic carbocycles. The Bertz CT molecular complexity index is 1220. The van der Waals surface area contributed by atoms with Gasteiger partial charge in [0.15, 0.2) is 5.54 Å². The molecule has 0 radical (unpaired) electrons. The maximum absolute atomic E-state index is 14.2. The summed E-state index contributed by atoms with van der Waals surface area (Å²) < 4.78 is 5.85. The lowest BCUT2D eigenvalue weighted by atomic mass is 9.80. The van der Waals surface area contributed by atoms with Crippen molar-refractivity contribution in [3.8, 4) is 5.75 Å². The average molecular weight is 541 g/mol. The number of likely N-dealkylation sites (N-methyl/N-ethyl adjacent to an activating group) is 1. The third-order valence-electron chi connectivity index (χ3n) is 8.20. The smallest absolute Gasteiger partial charge is 0.254 e. The van der Waals surface area contributed by atoms with Crippen molar-refractivity contribution in [2.75, 3.05) is 52.7 Å². The van der Waals surface area contributed by atoms with Crippen LogP contribution in [0.1, 0.15) is 42.4 Å². The first kappa shape index (κ1) is 26.9. The summed E-state index contributed by atoms with van der Waals surface area (Å²) in [5.74, 6) is 0.100. The molecule has 3 heterocycles. The van der Waals surface area contributed by atoms with Crippen LogP contribution in [0.2, 0.25) is 5.02 Å². The number of carbonyl (C=O) groups is 2. The summed E-state index contributed by atoms with van der Waals surface area (Å²) in [5.41, 5.74) is 1.63. The predicted octanol–water partition coefficient (Wildman–Crippen LogP) is 3.10. The molecule has 0 aromatic heterocycles. The quantitative estimate of drug-likeness (QED) is 0.561. The first-order valence-electron chi connectivity index (χ1n) is 13.4. The largest absolute Gasteiger partial charge is 0.496 e. The average Bonchev–Trinajstić information content (AvgIpc) is 3.44. The number of carbonyl (C=O) groups excluding carboxylic acids is 2. The Hall–Kier alpha value is -2.65. The molecule has 3 aliphatic rings. The first-order chi connectivity index (χ1) is 18.2. The molecule has 9 heteroatoms. The van der Waals surface area contributed by atoms with Gasteiger partial charge in [-0.15, -0.1) is 0 Å². The first-order valence-corrected chi connectivity index (χ1v) is 13.8. The summed E-state index contributed by atoms with van der Waals surface area (Å²) in [6.07, 6.45) is 4.06. The molecule has 2 N–H and O–H groups in total. The normalized spacial score (nSPS) is 25.8. The fraction of sp³-hybridized carbons (Fsp3) is 0.517. The van der Waals surface area contributed by atoms with Crippen LogP contribution in [0.5, 0.6) is 5.75 Å². The Kier molecular flexibility index (Phi) is 7.69. The second kappa shape index (κ2) is 10.8. The highest BCUT2D eigenvalue weighted by Crippen LogP contribution is 2.51. The molecule has 3 atom stereocenters. The number of β-amino-alcohol motifs (C(OH)–C–C–N with tert-alkyl or cyclic N) is 1. The number of benzene rings is 2. The Balaban J connectivity index is 1.66. The topological polar surface area (TPSA) is 85.3 Å². The number of nitrogens with zero attached hydrogens (tertiary/aromatic N) is 3. The van der Waals surface area contributed by atoms with Gasteiger partial charge in [0.2, 0.25) is 5.91 Å². The van der Waals surface area contributed by atoms with E-state index in [1.807, 2.05) is 23.1 Å². The number of aliphatic hydroxyl groups excluding tert-OH is 1. The van der Waals surface area contributed by atoms with Crippen LogP contribution in [0, 0.1) is 0 Å². The minimum atomic E-state index is -1.40. The number of aliphatic hydroxyl groups is 1. The lowest BCUT2D eigenvalue weighted by Gasteiger charge is -2.41. The number of likely N-dealkylation sites (tertiary alicyclic amines) is 2. The van der Waals surface area contributed by atoms with Gasteiger partial charge < -0.3 is 25.0 Å². The highest BCUT2D eigenvalue weighted by atomic mass is 35.5. The molecule has 2 aromatic rings. The summed E-state index contributed by atoms with van der Waals surface area (Å²) in [7, 11) is 4.98. The van der Waals surface area contributed by atoms with E-state index in [2.05, 4.69) is 10.2 Å². The third kappa shape index (κ3) is 4.68. The van der Waals surface area contributed by atoms with Crippen LogP contribution < -0.4 is 10.1 Å². The highest BCUT2D eigenvalue weighted by Gasteiger charge is 2.59. The Morgan fingerprint density at radius 2 is 1.92 bits per heavy atom. The molecule has 2 fully saturated rings. The minimum absolute atomic E-state index is 0.158. The molecule has 204 valence electrons. The van der Waals surface area contributed by atoms with Crippen molar-refractivity contribution in [3.63, 3.8) is 0 Å². The molecule has 3 aliphatic heterocycles. The number of piperidine rings is 1. The number of halogens is 1. The van der Waals surface area contributed by atoms with Crippen molar-refractivity contribution in [1.29, 1.82) is 0 Å². The summed E-state index contributed by atoms with van der Waals surface area (Å²) >= 11 is 6.49. The van der Waals surface area contributed by atoms with Crippen molar-refractivity contribution < 1.29 is 19.4 Å². The number of amides is 2. The molecule has 2 amide bonds. The van der Waals surface area contributed by atoms with Crippen molar-refractivity contribution in [2.24, 2.45) is 0 Å². The number of hydrogen-bond donors (Lipinski definition) is 2. The molecule has 5 rings (SSSR count). The molecule has 0 spiro atoms. The van der Waals surface area contributed by atoms with Crippen molar-refractivity contribution in [2.45, 2.75) is 49.8 Å². The maximum atomic E-state index is 14.2.